The predicted octanol–water partition coefficient (Wildman–Crippen LogP) is 2.82. The number of ether oxygens (including phenoxy) is 1. The molecule has 1 aromatic heterocycles. The summed E-state index contributed by atoms with van der Waals surface area (Å²) < 4.78 is 5.04. The average molecular weight is 446 g/mol. The van der Waals surface area contributed by atoms with Crippen molar-refractivity contribution in [1.82, 2.24) is 25.1 Å². The van der Waals surface area contributed by atoms with Gasteiger partial charge in [-0.25, -0.2) is 14.8 Å². The molecule has 166 valence electrons. The smallest absolute Gasteiger partial charge is 0.317 e. The summed E-state index contributed by atoms with van der Waals surface area (Å²) >= 11 is 6.06. The number of urea groups is 1. The van der Waals surface area contributed by atoms with Crippen LogP contribution in [0.2, 0.25) is 5.02 Å². The van der Waals surface area contributed by atoms with Gasteiger partial charge in [-0.3, -0.25) is 4.79 Å². The highest BCUT2D eigenvalue weighted by atomic mass is 35.5. The summed E-state index contributed by atoms with van der Waals surface area (Å²) in [4.78, 5) is 37.2. The van der Waals surface area contributed by atoms with Crippen LogP contribution < -0.4 is 10.1 Å². The van der Waals surface area contributed by atoms with Gasteiger partial charge in [0.15, 0.2) is 5.75 Å². The van der Waals surface area contributed by atoms with Crippen molar-refractivity contribution >= 4 is 23.5 Å². The molecule has 2 aromatic rings. The van der Waals surface area contributed by atoms with Gasteiger partial charge < -0.3 is 19.9 Å². The second-order valence-electron chi connectivity index (χ2n) is 7.70. The van der Waals surface area contributed by atoms with Crippen molar-refractivity contribution in [1.29, 1.82) is 0 Å². The topological polar surface area (TPSA) is 87.7 Å². The molecule has 9 heteroatoms. The Morgan fingerprint density at radius 3 is 2.74 bits per heavy atom. The average Bonchev–Trinajstić information content (AvgIpc) is 2.79. The van der Waals surface area contributed by atoms with E-state index in [2.05, 4.69) is 15.3 Å². The van der Waals surface area contributed by atoms with E-state index < -0.39 is 0 Å². The van der Waals surface area contributed by atoms with Crippen LogP contribution in [0.4, 0.5) is 4.79 Å². The van der Waals surface area contributed by atoms with E-state index in [1.807, 2.05) is 25.1 Å². The zero-order chi connectivity index (χ0) is 22.4. The number of aryl methyl sites for hydroxylation is 1. The van der Waals surface area contributed by atoms with Gasteiger partial charge in [0.1, 0.15) is 5.82 Å². The zero-order valence-corrected chi connectivity index (χ0v) is 18.9. The fraction of sp³-hybridized carbons (Fsp3) is 0.455. The number of nitrogens with zero attached hydrogens (tertiary/aromatic N) is 4. The molecule has 3 amide bonds. The van der Waals surface area contributed by atoms with E-state index in [1.54, 1.807) is 36.4 Å². The van der Waals surface area contributed by atoms with E-state index in [1.165, 1.54) is 0 Å². The summed E-state index contributed by atoms with van der Waals surface area (Å²) in [7, 11) is 3.31. The molecule has 2 heterocycles. The molecule has 0 bridgehead atoms. The summed E-state index contributed by atoms with van der Waals surface area (Å²) in [5.74, 6) is 0.966. The monoisotopic (exact) mass is 445 g/mol. The van der Waals surface area contributed by atoms with Crippen LogP contribution in [-0.4, -0.2) is 65.0 Å². The Balaban J connectivity index is 1.52. The zero-order valence-electron chi connectivity index (χ0n) is 18.1. The van der Waals surface area contributed by atoms with Crippen molar-refractivity contribution < 1.29 is 14.3 Å². The fourth-order valence-electron chi connectivity index (χ4n) is 3.57. The van der Waals surface area contributed by atoms with Gasteiger partial charge in [-0.2, -0.15) is 0 Å². The van der Waals surface area contributed by atoms with Crippen LogP contribution in [0.5, 0.6) is 5.75 Å². The molecule has 0 radical (unpaired) electrons. The summed E-state index contributed by atoms with van der Waals surface area (Å²) in [6, 6.07) is 5.49. The molecule has 1 fully saturated rings. The highest BCUT2D eigenvalue weighted by Gasteiger charge is 2.28. The van der Waals surface area contributed by atoms with Gasteiger partial charge in [-0.1, -0.05) is 23.7 Å². The lowest BCUT2D eigenvalue weighted by Gasteiger charge is -2.37. The highest BCUT2D eigenvalue weighted by molar-refractivity contribution is 6.31. The number of likely N-dealkylation sites (tertiary alicyclic amines) is 1. The molecule has 1 aromatic carbocycles. The second kappa shape index (κ2) is 10.4. The van der Waals surface area contributed by atoms with Gasteiger partial charge >= 0.3 is 6.03 Å². The summed E-state index contributed by atoms with van der Waals surface area (Å²) in [6.45, 7) is 3.53. The van der Waals surface area contributed by atoms with E-state index in [0.717, 1.165) is 24.0 Å². The lowest BCUT2D eigenvalue weighted by atomic mass is 10.0. The standard InChI is InChI=1S/C22H28ClN5O3/c1-15-9-16(6-7-19(15)23)11-26-22(30)27(2)17-5-4-8-28(14-17)21(29)10-20-24-12-18(31-3)13-25-20/h6-7,9,12-13,17H,4-5,8,10-11,14H2,1-3H3,(H,26,30)/t17-/m1/s1. The fourth-order valence-corrected chi connectivity index (χ4v) is 3.69. The predicted molar refractivity (Wildman–Crippen MR) is 118 cm³/mol. The molecule has 31 heavy (non-hydrogen) atoms. The first kappa shape index (κ1) is 22.8. The van der Waals surface area contributed by atoms with E-state index in [4.69, 9.17) is 16.3 Å². The minimum atomic E-state index is -0.162. The van der Waals surface area contributed by atoms with Gasteiger partial charge in [-0.15, -0.1) is 0 Å². The summed E-state index contributed by atoms with van der Waals surface area (Å²) in [5.41, 5.74) is 1.97. The van der Waals surface area contributed by atoms with Crippen molar-refractivity contribution in [3.63, 3.8) is 0 Å². The summed E-state index contributed by atoms with van der Waals surface area (Å²) in [6.07, 6.45) is 4.92. The Kier molecular flexibility index (Phi) is 7.68. The van der Waals surface area contributed by atoms with Crippen LogP contribution in [-0.2, 0) is 17.8 Å². The third-order valence-electron chi connectivity index (χ3n) is 5.51. The van der Waals surface area contributed by atoms with Crippen LogP contribution in [0.1, 0.15) is 29.8 Å². The quantitative estimate of drug-likeness (QED) is 0.738. The maximum atomic E-state index is 12.7. The van der Waals surface area contributed by atoms with Gasteiger partial charge in [0.05, 0.1) is 32.0 Å². The molecule has 1 saturated heterocycles. The number of likely N-dealkylation sites (N-methyl/N-ethyl adjacent to an activating group) is 1. The molecule has 1 aliphatic rings. The minimum absolute atomic E-state index is 0.0403. The van der Waals surface area contributed by atoms with Gasteiger partial charge in [0.25, 0.3) is 0 Å². The number of benzene rings is 1. The van der Waals surface area contributed by atoms with Gasteiger partial charge in [0.2, 0.25) is 5.91 Å². The van der Waals surface area contributed by atoms with Crippen molar-refractivity contribution in [2.75, 3.05) is 27.2 Å². The molecule has 1 aliphatic heterocycles. The first-order valence-corrected chi connectivity index (χ1v) is 10.6. The first-order valence-electron chi connectivity index (χ1n) is 10.3. The molecular formula is C22H28ClN5O3. The lowest BCUT2D eigenvalue weighted by molar-refractivity contribution is -0.132. The van der Waals surface area contributed by atoms with Gasteiger partial charge in [0, 0.05) is 31.7 Å². The molecular weight excluding hydrogens is 418 g/mol. The highest BCUT2D eigenvalue weighted by Crippen LogP contribution is 2.18. The lowest BCUT2D eigenvalue weighted by Crippen LogP contribution is -2.52. The van der Waals surface area contributed by atoms with Crippen LogP contribution in [0.15, 0.2) is 30.6 Å². The number of amides is 3. The summed E-state index contributed by atoms with van der Waals surface area (Å²) in [5, 5.41) is 3.65. The maximum absolute atomic E-state index is 12.7. The number of rotatable bonds is 6. The Hall–Kier alpha value is -2.87. The third-order valence-corrected chi connectivity index (χ3v) is 5.93. The SMILES string of the molecule is COc1cnc(CC(=O)N2CCC[C@@H](N(C)C(=O)NCc3ccc(Cl)c(C)c3)C2)nc1. The molecule has 3 rings (SSSR count). The molecule has 0 spiro atoms. The van der Waals surface area contributed by atoms with Gasteiger partial charge in [-0.05, 0) is 37.0 Å². The number of nitrogens with one attached hydrogen (secondary N) is 1. The van der Waals surface area contributed by atoms with Crippen LogP contribution in [0.3, 0.4) is 0 Å². The molecule has 0 saturated carbocycles. The minimum Gasteiger partial charge on any atom is -0.494 e. The second-order valence-corrected chi connectivity index (χ2v) is 8.11. The van der Waals surface area contributed by atoms with E-state index in [0.29, 0.717) is 36.2 Å². The number of piperidine rings is 1. The van der Waals surface area contributed by atoms with E-state index in [-0.39, 0.29) is 24.4 Å². The molecule has 1 N–H and O–H groups in total. The molecule has 1 atom stereocenters. The van der Waals surface area contributed by atoms with Crippen molar-refractivity contribution in [2.24, 2.45) is 0 Å². The number of hydrogen-bond acceptors (Lipinski definition) is 5. The molecule has 8 nitrogen and oxygen atoms in total. The van der Waals surface area contributed by atoms with Crippen LogP contribution >= 0.6 is 11.6 Å². The number of methoxy groups -OCH3 is 1. The molecule has 0 aliphatic carbocycles. The Labute approximate surface area is 187 Å². The number of halogens is 1. The maximum Gasteiger partial charge on any atom is 0.317 e. The first-order chi connectivity index (χ1) is 14.9. The van der Waals surface area contributed by atoms with Crippen molar-refractivity contribution in [2.45, 2.75) is 38.8 Å². The molecule has 0 unspecified atom stereocenters. The van der Waals surface area contributed by atoms with Crippen LogP contribution in [0.25, 0.3) is 0 Å². The number of carbonyl (C=O) groups is 2. The van der Waals surface area contributed by atoms with Crippen molar-refractivity contribution in [3.05, 3.63) is 52.6 Å². The number of aromatic nitrogens is 2. The Bertz CT molecular complexity index is 922. The van der Waals surface area contributed by atoms with E-state index >= 15 is 0 Å². The third kappa shape index (κ3) is 6.07. The van der Waals surface area contributed by atoms with E-state index in [9.17, 15) is 9.59 Å². The largest absolute Gasteiger partial charge is 0.494 e. The number of carbonyl (C=O) groups excluding carboxylic acids is 2. The number of hydrogen-bond donors (Lipinski definition) is 1. The normalized spacial score (nSPS) is 16.0. The van der Waals surface area contributed by atoms with Crippen LogP contribution in [0, 0.1) is 6.92 Å². The van der Waals surface area contributed by atoms with Crippen molar-refractivity contribution in [3.8, 4) is 5.75 Å². The Morgan fingerprint density at radius 1 is 1.32 bits per heavy atom. The Morgan fingerprint density at radius 2 is 2.06 bits per heavy atom.